The Morgan fingerprint density at radius 1 is 0.388 bits per heavy atom. The quantitative estimate of drug-likeness (QED) is 0.141. The van der Waals surface area contributed by atoms with Gasteiger partial charge in [-0.2, -0.15) is 0 Å². The molecule has 0 amide bonds. The summed E-state index contributed by atoms with van der Waals surface area (Å²) in [6, 6.07) is 84.3. The summed E-state index contributed by atoms with van der Waals surface area (Å²) in [6.45, 7) is 12.3. The number of anilines is 3. The molecule has 0 saturated carbocycles. The highest BCUT2D eigenvalue weighted by Gasteiger charge is 2.49. The first-order chi connectivity index (χ1) is 32.6. The fraction of sp³-hybridized carbons (Fsp3) is 0.125. The minimum absolute atomic E-state index is 0.175. The van der Waals surface area contributed by atoms with E-state index >= 15 is 0 Å². The zero-order valence-electron chi connectivity index (χ0n) is 38.8. The molecule has 67 heavy (non-hydrogen) atoms. The fourth-order valence-corrected chi connectivity index (χ4v) is 13.4. The average Bonchev–Trinajstić information content (AvgIpc) is 4.04. The van der Waals surface area contributed by atoms with Crippen molar-refractivity contribution in [3.63, 3.8) is 0 Å². The first kappa shape index (κ1) is 41.0. The monoisotopic (exact) mass is 879 g/mol. The molecule has 3 heteroatoms. The third kappa shape index (κ3) is 6.00. The van der Waals surface area contributed by atoms with E-state index in [2.05, 4.69) is 263 Å². The van der Waals surface area contributed by atoms with E-state index in [0.29, 0.717) is 0 Å². The maximum absolute atomic E-state index is 5.95. The normalized spacial score (nSPS) is 14.3. The van der Waals surface area contributed by atoms with Gasteiger partial charge in [0, 0.05) is 22.4 Å². The zero-order valence-corrected chi connectivity index (χ0v) is 39.8. The van der Waals surface area contributed by atoms with Crippen LogP contribution in [0.2, 0.25) is 18.1 Å². The van der Waals surface area contributed by atoms with Crippen LogP contribution in [0.4, 0.5) is 17.1 Å². The summed E-state index contributed by atoms with van der Waals surface area (Å²) in [7, 11) is -1.93. The van der Waals surface area contributed by atoms with E-state index in [-0.39, 0.29) is 5.04 Å². The molecule has 0 fully saturated rings. The molecular formula is C64H53NOSi. The zero-order chi connectivity index (χ0) is 45.5. The largest absolute Gasteiger partial charge is 0.464 e. The summed E-state index contributed by atoms with van der Waals surface area (Å²) >= 11 is 0. The van der Waals surface area contributed by atoms with Crippen LogP contribution >= 0.6 is 0 Å². The summed E-state index contributed by atoms with van der Waals surface area (Å²) in [5.74, 6) is 0. The molecule has 2 aliphatic rings. The van der Waals surface area contributed by atoms with Crippen molar-refractivity contribution in [2.24, 2.45) is 0 Å². The predicted molar refractivity (Wildman–Crippen MR) is 282 cm³/mol. The number of furan rings is 1. The Labute approximate surface area is 395 Å². The molecule has 2 nitrogen and oxygen atoms in total. The van der Waals surface area contributed by atoms with Crippen LogP contribution in [0.25, 0.3) is 33.2 Å². The van der Waals surface area contributed by atoms with Crippen molar-refractivity contribution in [3.8, 4) is 22.3 Å². The van der Waals surface area contributed by atoms with Crippen LogP contribution in [0.3, 0.4) is 0 Å². The van der Waals surface area contributed by atoms with Crippen LogP contribution in [0.1, 0.15) is 65.3 Å². The molecule has 10 aromatic rings. The first-order valence-corrected chi connectivity index (χ1v) is 26.7. The molecule has 2 aliphatic carbocycles. The Bertz CT molecular complexity index is 3390. The molecule has 1 heterocycles. The van der Waals surface area contributed by atoms with Crippen molar-refractivity contribution in [1.82, 2.24) is 0 Å². The second-order valence-electron chi connectivity index (χ2n) is 20.1. The van der Waals surface area contributed by atoms with Gasteiger partial charge in [0.05, 0.1) is 25.2 Å². The van der Waals surface area contributed by atoms with Gasteiger partial charge in [-0.25, -0.2) is 0 Å². The van der Waals surface area contributed by atoms with E-state index < -0.39 is 18.9 Å². The molecule has 9 aromatic carbocycles. The Morgan fingerprint density at radius 2 is 0.791 bits per heavy atom. The van der Waals surface area contributed by atoms with Gasteiger partial charge in [0.2, 0.25) is 0 Å². The lowest BCUT2D eigenvalue weighted by Gasteiger charge is -2.39. The Morgan fingerprint density at radius 3 is 1.30 bits per heavy atom. The van der Waals surface area contributed by atoms with Gasteiger partial charge in [-0.05, 0) is 120 Å². The van der Waals surface area contributed by atoms with Crippen LogP contribution in [0, 0.1) is 0 Å². The molecule has 324 valence electrons. The van der Waals surface area contributed by atoms with Gasteiger partial charge in [-0.1, -0.05) is 215 Å². The van der Waals surface area contributed by atoms with Crippen LogP contribution in [-0.4, -0.2) is 8.07 Å². The second kappa shape index (κ2) is 15.3. The molecule has 0 unspecified atom stereocenters. The van der Waals surface area contributed by atoms with E-state index in [1.807, 2.05) is 0 Å². The summed E-state index contributed by atoms with van der Waals surface area (Å²) in [4.78, 5) is 2.47. The molecule has 0 bridgehead atoms. The van der Waals surface area contributed by atoms with Crippen LogP contribution in [0.5, 0.6) is 0 Å². The predicted octanol–water partition coefficient (Wildman–Crippen LogP) is 16.3. The Kier molecular flexibility index (Phi) is 9.36. The lowest BCUT2D eigenvalue weighted by molar-refractivity contribution is 0.616. The summed E-state index contributed by atoms with van der Waals surface area (Å²) < 4.78 is 5.95. The second-order valence-corrected chi connectivity index (χ2v) is 25.4. The van der Waals surface area contributed by atoms with Crippen LogP contribution in [-0.2, 0) is 10.8 Å². The van der Waals surface area contributed by atoms with Gasteiger partial charge in [0.25, 0.3) is 0 Å². The van der Waals surface area contributed by atoms with Gasteiger partial charge >= 0.3 is 0 Å². The number of fused-ring (bicyclic) bond motifs is 7. The van der Waals surface area contributed by atoms with E-state index in [1.54, 1.807) is 6.26 Å². The van der Waals surface area contributed by atoms with Gasteiger partial charge in [0.15, 0.2) is 0 Å². The molecule has 0 radical (unpaired) electrons. The topological polar surface area (TPSA) is 16.4 Å². The van der Waals surface area contributed by atoms with Gasteiger partial charge in [-0.15, -0.1) is 0 Å². The van der Waals surface area contributed by atoms with Crippen molar-refractivity contribution < 1.29 is 4.42 Å². The smallest absolute Gasteiger partial charge is 0.133 e. The highest BCUT2D eigenvalue weighted by atomic mass is 28.3. The molecular weight excluding hydrogens is 827 g/mol. The Hall–Kier alpha value is -7.46. The van der Waals surface area contributed by atoms with Gasteiger partial charge in [-0.3, -0.25) is 0 Å². The van der Waals surface area contributed by atoms with Gasteiger partial charge < -0.3 is 9.32 Å². The van der Waals surface area contributed by atoms with Crippen LogP contribution in [0.15, 0.2) is 235 Å². The Balaban J connectivity index is 1.14. The lowest BCUT2D eigenvalue weighted by Crippen LogP contribution is -2.49. The molecule has 0 saturated heterocycles. The minimum Gasteiger partial charge on any atom is -0.464 e. The fourth-order valence-electron chi connectivity index (χ4n) is 11.5. The van der Waals surface area contributed by atoms with Crippen molar-refractivity contribution in [3.05, 3.63) is 275 Å². The summed E-state index contributed by atoms with van der Waals surface area (Å²) in [5.41, 5.74) is 18.4. The molecule has 0 aliphatic heterocycles. The van der Waals surface area contributed by atoms with E-state index in [1.165, 1.54) is 71.9 Å². The number of hydrogen-bond acceptors (Lipinski definition) is 2. The first-order valence-electron chi connectivity index (χ1n) is 23.7. The molecule has 0 atom stereocenters. The van der Waals surface area contributed by atoms with E-state index in [0.717, 1.165) is 28.0 Å². The number of rotatable bonds is 8. The standard InChI is InChI=1S/C64H53NOSi/c1-62(2,3)67(4,5)52-33-36-56-55-35-31-51(42-59(55)64(60(56)43-52,47-24-14-8-15-25-47)48-26-16-9-17-27-48)65(49-32-37-61-44(40-49)38-39-66-61)50-30-34-54-53-28-18-19-29-57(53)63(58(54)41-50,45-20-10-6-11-21-45)46-22-12-7-13-23-46/h6-43H,1-5H3. The third-order valence-corrected chi connectivity index (χ3v) is 21.3. The summed E-state index contributed by atoms with van der Waals surface area (Å²) in [6.07, 6.45) is 1.79. The van der Waals surface area contributed by atoms with Crippen molar-refractivity contribution in [1.29, 1.82) is 0 Å². The highest BCUT2D eigenvalue weighted by molar-refractivity contribution is 6.92. The van der Waals surface area contributed by atoms with Crippen molar-refractivity contribution in [2.75, 3.05) is 4.90 Å². The summed E-state index contributed by atoms with van der Waals surface area (Å²) in [5, 5.41) is 2.72. The number of nitrogens with zero attached hydrogens (tertiary/aromatic N) is 1. The highest BCUT2D eigenvalue weighted by Crippen LogP contribution is 2.60. The lowest BCUT2D eigenvalue weighted by atomic mass is 9.67. The molecule has 1 aromatic heterocycles. The van der Waals surface area contributed by atoms with E-state index in [9.17, 15) is 0 Å². The minimum atomic E-state index is -1.93. The van der Waals surface area contributed by atoms with Gasteiger partial charge in [0.1, 0.15) is 5.58 Å². The number of benzene rings is 9. The van der Waals surface area contributed by atoms with E-state index in [4.69, 9.17) is 4.42 Å². The molecule has 0 N–H and O–H groups in total. The SMILES string of the molecule is CC(C)(C)[Si](C)(C)c1ccc2c(c1)C(c1ccccc1)(c1ccccc1)c1cc(N(c3ccc4c(c3)C(c3ccccc3)(c3ccccc3)c3ccccc3-4)c3ccc4occc4c3)ccc1-2. The van der Waals surface area contributed by atoms with Crippen molar-refractivity contribution in [2.45, 2.75) is 49.7 Å². The van der Waals surface area contributed by atoms with Crippen LogP contribution < -0.4 is 10.1 Å². The average molecular weight is 880 g/mol. The van der Waals surface area contributed by atoms with Crippen molar-refractivity contribution >= 4 is 41.3 Å². The number of hydrogen-bond donors (Lipinski definition) is 0. The maximum atomic E-state index is 5.95. The molecule has 12 rings (SSSR count). The molecule has 0 spiro atoms. The third-order valence-electron chi connectivity index (χ3n) is 15.8. The maximum Gasteiger partial charge on any atom is 0.133 e.